The average Bonchev–Trinajstić information content (AvgIpc) is 2.36. The van der Waals surface area contributed by atoms with Gasteiger partial charge in [0.25, 0.3) is 0 Å². The van der Waals surface area contributed by atoms with Gasteiger partial charge < -0.3 is 29.9 Å². The van der Waals surface area contributed by atoms with Crippen molar-refractivity contribution in [3.8, 4) is 0 Å². The van der Waals surface area contributed by atoms with E-state index in [0.717, 1.165) is 6.42 Å². The Morgan fingerprint density at radius 3 is 2.50 bits per heavy atom. The van der Waals surface area contributed by atoms with E-state index in [0.29, 0.717) is 6.42 Å². The Balaban J connectivity index is 2.62. The van der Waals surface area contributed by atoms with E-state index < -0.39 is 43.3 Å². The molecule has 5 atom stereocenters. The van der Waals surface area contributed by atoms with E-state index in [1.807, 2.05) is 6.92 Å². The summed E-state index contributed by atoms with van der Waals surface area (Å²) in [5.41, 5.74) is 0. The lowest BCUT2D eigenvalue weighted by Gasteiger charge is -2.39. The van der Waals surface area contributed by atoms with E-state index in [9.17, 15) is 20.1 Å². The number of aliphatic hydroxyl groups excluding tert-OH is 4. The maximum Gasteiger partial charge on any atom is 0.306 e. The van der Waals surface area contributed by atoms with E-state index in [-0.39, 0.29) is 6.42 Å². The predicted molar refractivity (Wildman–Crippen MR) is 59.4 cm³/mol. The van der Waals surface area contributed by atoms with Gasteiger partial charge in [0.2, 0.25) is 0 Å². The molecule has 1 rings (SSSR count). The maximum atomic E-state index is 11.5. The summed E-state index contributed by atoms with van der Waals surface area (Å²) in [4.78, 5) is 11.5. The fraction of sp³-hybridized carbons (Fsp3) is 0.909. The van der Waals surface area contributed by atoms with Crippen LogP contribution in [0.4, 0.5) is 0 Å². The normalized spacial score (nSPS) is 36.4. The third kappa shape index (κ3) is 3.63. The Labute approximate surface area is 105 Å². The summed E-state index contributed by atoms with van der Waals surface area (Å²) in [6, 6.07) is 0. The maximum absolute atomic E-state index is 11.5. The summed E-state index contributed by atoms with van der Waals surface area (Å²) in [6.45, 7) is 1.38. The number of unbranched alkanes of at least 4 members (excludes halogenated alkanes) is 1. The minimum absolute atomic E-state index is 0.191. The molecule has 0 saturated carbocycles. The van der Waals surface area contributed by atoms with Crippen LogP contribution in [0.15, 0.2) is 0 Å². The molecule has 1 heterocycles. The molecule has 4 N–H and O–H groups in total. The number of carbonyl (C=O) groups is 1. The fourth-order valence-electron chi connectivity index (χ4n) is 1.74. The van der Waals surface area contributed by atoms with Crippen molar-refractivity contribution in [2.45, 2.75) is 56.9 Å². The van der Waals surface area contributed by atoms with E-state index in [1.165, 1.54) is 0 Å². The molecule has 1 aliphatic heterocycles. The van der Waals surface area contributed by atoms with Gasteiger partial charge >= 0.3 is 5.97 Å². The number of esters is 1. The van der Waals surface area contributed by atoms with Gasteiger partial charge in [-0.05, 0) is 6.42 Å². The van der Waals surface area contributed by atoms with Crippen molar-refractivity contribution in [2.75, 3.05) is 6.61 Å². The van der Waals surface area contributed by atoms with Crippen LogP contribution in [0.25, 0.3) is 0 Å². The standard InChI is InChI=1S/C11H20O7/c1-2-3-4-7(13)18-10-6(5-12)17-11(16)9(15)8(10)14/h6,8-12,14-16H,2-5H2,1H3. The second-order valence-corrected chi connectivity index (χ2v) is 4.29. The topological polar surface area (TPSA) is 116 Å². The van der Waals surface area contributed by atoms with E-state index in [4.69, 9.17) is 14.6 Å². The highest BCUT2D eigenvalue weighted by molar-refractivity contribution is 5.69. The number of carbonyl (C=O) groups excluding carboxylic acids is 1. The SMILES string of the molecule is CCCCC(=O)OC1C(CO)OC(O)C(O)C1O. The van der Waals surface area contributed by atoms with Crippen LogP contribution >= 0.6 is 0 Å². The van der Waals surface area contributed by atoms with Gasteiger partial charge in [0, 0.05) is 6.42 Å². The van der Waals surface area contributed by atoms with Crippen LogP contribution in [0.3, 0.4) is 0 Å². The molecule has 18 heavy (non-hydrogen) atoms. The molecule has 106 valence electrons. The van der Waals surface area contributed by atoms with Gasteiger partial charge in [-0.2, -0.15) is 0 Å². The molecule has 0 spiro atoms. The number of hydrogen-bond acceptors (Lipinski definition) is 7. The summed E-state index contributed by atoms with van der Waals surface area (Å²) >= 11 is 0. The van der Waals surface area contributed by atoms with Crippen molar-refractivity contribution < 1.29 is 34.7 Å². The smallest absolute Gasteiger partial charge is 0.306 e. The Bertz CT molecular complexity index is 268. The first kappa shape index (κ1) is 15.3. The van der Waals surface area contributed by atoms with Gasteiger partial charge in [-0.1, -0.05) is 13.3 Å². The van der Waals surface area contributed by atoms with Crippen LogP contribution in [0.2, 0.25) is 0 Å². The van der Waals surface area contributed by atoms with Gasteiger partial charge in [0.05, 0.1) is 6.61 Å². The quantitative estimate of drug-likeness (QED) is 0.447. The second kappa shape index (κ2) is 7.01. The third-order valence-corrected chi connectivity index (χ3v) is 2.84. The predicted octanol–water partition coefficient (Wildman–Crippen LogP) is -1.48. The largest absolute Gasteiger partial charge is 0.457 e. The first-order valence-electron chi connectivity index (χ1n) is 6.01. The molecule has 1 fully saturated rings. The van der Waals surface area contributed by atoms with Crippen molar-refractivity contribution in [2.24, 2.45) is 0 Å². The van der Waals surface area contributed by atoms with E-state index in [1.54, 1.807) is 0 Å². The molecular formula is C11H20O7. The van der Waals surface area contributed by atoms with Crippen LogP contribution in [0.5, 0.6) is 0 Å². The number of aliphatic hydroxyl groups is 4. The van der Waals surface area contributed by atoms with Crippen molar-refractivity contribution in [1.82, 2.24) is 0 Å². The lowest BCUT2D eigenvalue weighted by molar-refractivity contribution is -0.289. The molecule has 7 nitrogen and oxygen atoms in total. The highest BCUT2D eigenvalue weighted by Crippen LogP contribution is 2.22. The Hall–Kier alpha value is -0.730. The molecular weight excluding hydrogens is 244 g/mol. The molecule has 1 aliphatic rings. The molecule has 7 heteroatoms. The summed E-state index contributed by atoms with van der Waals surface area (Å²) in [5, 5.41) is 37.4. The van der Waals surface area contributed by atoms with Crippen LogP contribution in [-0.4, -0.2) is 63.7 Å². The highest BCUT2D eigenvalue weighted by Gasteiger charge is 2.45. The summed E-state index contributed by atoms with van der Waals surface area (Å²) in [6.07, 6.45) is -5.24. The van der Waals surface area contributed by atoms with Gasteiger partial charge in [-0.25, -0.2) is 0 Å². The summed E-state index contributed by atoms with van der Waals surface area (Å²) in [7, 11) is 0. The van der Waals surface area contributed by atoms with Crippen LogP contribution < -0.4 is 0 Å². The first-order valence-corrected chi connectivity index (χ1v) is 6.01. The second-order valence-electron chi connectivity index (χ2n) is 4.29. The minimum atomic E-state index is -1.61. The Kier molecular flexibility index (Phi) is 5.97. The lowest BCUT2D eigenvalue weighted by Crippen LogP contribution is -2.59. The minimum Gasteiger partial charge on any atom is -0.457 e. The fourth-order valence-corrected chi connectivity index (χ4v) is 1.74. The Morgan fingerprint density at radius 1 is 1.28 bits per heavy atom. The number of ether oxygens (including phenoxy) is 2. The third-order valence-electron chi connectivity index (χ3n) is 2.84. The van der Waals surface area contributed by atoms with Gasteiger partial charge in [-0.15, -0.1) is 0 Å². The average molecular weight is 264 g/mol. The van der Waals surface area contributed by atoms with Gasteiger partial charge in [0.1, 0.15) is 18.3 Å². The molecule has 5 unspecified atom stereocenters. The summed E-state index contributed by atoms with van der Waals surface area (Å²) < 4.78 is 9.84. The molecule has 0 aliphatic carbocycles. The zero-order valence-corrected chi connectivity index (χ0v) is 10.2. The lowest BCUT2D eigenvalue weighted by atomic mass is 9.99. The molecule has 1 saturated heterocycles. The van der Waals surface area contributed by atoms with Crippen LogP contribution in [0.1, 0.15) is 26.2 Å². The Morgan fingerprint density at radius 2 is 1.94 bits per heavy atom. The molecule has 0 aromatic heterocycles. The zero-order chi connectivity index (χ0) is 13.7. The molecule has 0 radical (unpaired) electrons. The molecule has 0 aromatic rings. The van der Waals surface area contributed by atoms with E-state index in [2.05, 4.69) is 0 Å². The van der Waals surface area contributed by atoms with Gasteiger partial charge in [-0.3, -0.25) is 4.79 Å². The zero-order valence-electron chi connectivity index (χ0n) is 10.2. The van der Waals surface area contributed by atoms with E-state index >= 15 is 0 Å². The molecule has 0 amide bonds. The van der Waals surface area contributed by atoms with Crippen molar-refractivity contribution in [1.29, 1.82) is 0 Å². The molecule has 0 aromatic carbocycles. The van der Waals surface area contributed by atoms with Crippen LogP contribution in [0, 0.1) is 0 Å². The highest BCUT2D eigenvalue weighted by atomic mass is 16.7. The first-order chi connectivity index (χ1) is 8.51. The number of rotatable bonds is 5. The number of hydrogen-bond donors (Lipinski definition) is 4. The van der Waals surface area contributed by atoms with Crippen LogP contribution in [-0.2, 0) is 14.3 Å². The van der Waals surface area contributed by atoms with Crippen molar-refractivity contribution >= 4 is 5.97 Å². The van der Waals surface area contributed by atoms with Crippen molar-refractivity contribution in [3.63, 3.8) is 0 Å². The van der Waals surface area contributed by atoms with Crippen molar-refractivity contribution in [3.05, 3.63) is 0 Å². The van der Waals surface area contributed by atoms with Gasteiger partial charge in [0.15, 0.2) is 12.4 Å². The monoisotopic (exact) mass is 264 g/mol. The molecule has 0 bridgehead atoms. The summed E-state index contributed by atoms with van der Waals surface area (Å²) in [5.74, 6) is -0.536.